The number of carbonyl (C=O) groups is 1. The smallest absolute Gasteiger partial charge is 0.307 e. The molecule has 7 nitrogen and oxygen atoms in total. The van der Waals surface area contributed by atoms with Gasteiger partial charge >= 0.3 is 5.97 Å². The number of methoxy groups -OCH3 is 1. The fraction of sp³-hybridized carbons (Fsp3) is 0.467. The second kappa shape index (κ2) is 8.11. The van der Waals surface area contributed by atoms with E-state index in [1.165, 1.54) is 7.11 Å². The Labute approximate surface area is 129 Å². The van der Waals surface area contributed by atoms with Crippen LogP contribution in [0.25, 0.3) is 0 Å². The van der Waals surface area contributed by atoms with Crippen LogP contribution in [-0.2, 0) is 9.53 Å². The number of carbonyl (C=O) groups excluding carboxylic acids is 1. The van der Waals surface area contributed by atoms with E-state index < -0.39 is 0 Å². The zero-order valence-corrected chi connectivity index (χ0v) is 12.8. The standard InChI is InChI=1S/C15H21N3O4/c1-16-15(17-7-6-14(19)20-2)18-11-4-5-12-13(10-11)22-9-3-8-21-12/h4-5,10H,3,6-9H2,1-2H3,(H2,16,17,18). The van der Waals surface area contributed by atoms with Crippen LogP contribution in [0.3, 0.4) is 0 Å². The van der Waals surface area contributed by atoms with Gasteiger partial charge < -0.3 is 24.8 Å². The van der Waals surface area contributed by atoms with E-state index in [9.17, 15) is 4.79 Å². The van der Waals surface area contributed by atoms with Crippen LogP contribution in [-0.4, -0.2) is 45.8 Å². The Bertz CT molecular complexity index is 546. The number of hydrogen-bond donors (Lipinski definition) is 2. The van der Waals surface area contributed by atoms with E-state index in [1.54, 1.807) is 7.05 Å². The quantitative estimate of drug-likeness (QED) is 0.497. The van der Waals surface area contributed by atoms with Crippen LogP contribution >= 0.6 is 0 Å². The molecule has 0 fully saturated rings. The van der Waals surface area contributed by atoms with Crippen LogP contribution in [0.4, 0.5) is 5.69 Å². The molecule has 0 saturated carbocycles. The molecule has 0 aromatic heterocycles. The number of rotatable bonds is 4. The Morgan fingerprint density at radius 1 is 1.32 bits per heavy atom. The van der Waals surface area contributed by atoms with E-state index in [1.807, 2.05) is 18.2 Å². The number of esters is 1. The topological polar surface area (TPSA) is 81.2 Å². The molecule has 0 radical (unpaired) electrons. The summed E-state index contributed by atoms with van der Waals surface area (Å²) < 4.78 is 15.8. The molecule has 7 heteroatoms. The molecule has 1 aliphatic rings. The first-order valence-corrected chi connectivity index (χ1v) is 7.17. The molecular formula is C15H21N3O4. The summed E-state index contributed by atoms with van der Waals surface area (Å²) in [5.41, 5.74) is 0.829. The van der Waals surface area contributed by atoms with Gasteiger partial charge in [0, 0.05) is 31.8 Å². The molecule has 2 N–H and O–H groups in total. The molecule has 0 amide bonds. The largest absolute Gasteiger partial charge is 0.490 e. The minimum absolute atomic E-state index is 0.265. The molecule has 1 aromatic carbocycles. The number of nitrogens with one attached hydrogen (secondary N) is 2. The summed E-state index contributed by atoms with van der Waals surface area (Å²) >= 11 is 0. The van der Waals surface area contributed by atoms with Gasteiger partial charge in [-0.1, -0.05) is 0 Å². The van der Waals surface area contributed by atoms with Crippen molar-refractivity contribution in [2.24, 2.45) is 4.99 Å². The second-order valence-corrected chi connectivity index (χ2v) is 4.66. The third-order valence-electron chi connectivity index (χ3n) is 3.08. The SMILES string of the molecule is CN=C(NCCC(=O)OC)Nc1ccc2c(c1)OCCCO2. The molecule has 1 heterocycles. The number of ether oxygens (including phenoxy) is 3. The van der Waals surface area contributed by atoms with E-state index in [0.717, 1.165) is 17.9 Å². The molecule has 0 atom stereocenters. The highest BCUT2D eigenvalue weighted by atomic mass is 16.5. The van der Waals surface area contributed by atoms with Crippen molar-refractivity contribution in [3.05, 3.63) is 18.2 Å². The Kier molecular flexibility index (Phi) is 5.88. The number of nitrogens with zero attached hydrogens (tertiary/aromatic N) is 1. The molecular weight excluding hydrogens is 286 g/mol. The molecule has 22 heavy (non-hydrogen) atoms. The highest BCUT2D eigenvalue weighted by molar-refractivity contribution is 5.94. The fourth-order valence-corrected chi connectivity index (χ4v) is 1.94. The number of anilines is 1. The highest BCUT2D eigenvalue weighted by Crippen LogP contribution is 2.32. The van der Waals surface area contributed by atoms with Crippen LogP contribution in [0.1, 0.15) is 12.8 Å². The summed E-state index contributed by atoms with van der Waals surface area (Å²) in [6, 6.07) is 5.62. The molecule has 0 spiro atoms. The van der Waals surface area contributed by atoms with E-state index >= 15 is 0 Å². The predicted octanol–water partition coefficient (Wildman–Crippen LogP) is 1.40. The first-order valence-electron chi connectivity index (χ1n) is 7.17. The lowest BCUT2D eigenvalue weighted by molar-refractivity contribution is -0.140. The van der Waals surface area contributed by atoms with Gasteiger partial charge in [0.15, 0.2) is 17.5 Å². The molecule has 0 saturated heterocycles. The van der Waals surface area contributed by atoms with Crippen molar-refractivity contribution in [3.8, 4) is 11.5 Å². The van der Waals surface area contributed by atoms with Gasteiger partial charge in [0.1, 0.15) is 0 Å². The van der Waals surface area contributed by atoms with E-state index in [0.29, 0.717) is 31.5 Å². The van der Waals surface area contributed by atoms with Crippen molar-refractivity contribution >= 4 is 17.6 Å². The van der Waals surface area contributed by atoms with Gasteiger partial charge in [-0.2, -0.15) is 0 Å². The minimum Gasteiger partial charge on any atom is -0.490 e. The fourth-order valence-electron chi connectivity index (χ4n) is 1.94. The van der Waals surface area contributed by atoms with E-state index in [-0.39, 0.29) is 12.4 Å². The van der Waals surface area contributed by atoms with Gasteiger partial charge in [-0.05, 0) is 12.1 Å². The van der Waals surface area contributed by atoms with Crippen molar-refractivity contribution in [2.75, 3.05) is 39.2 Å². The molecule has 120 valence electrons. The van der Waals surface area contributed by atoms with Crippen molar-refractivity contribution in [3.63, 3.8) is 0 Å². The lowest BCUT2D eigenvalue weighted by atomic mass is 10.3. The number of aliphatic imine (C=N–C) groups is 1. The Morgan fingerprint density at radius 3 is 2.82 bits per heavy atom. The second-order valence-electron chi connectivity index (χ2n) is 4.66. The third-order valence-corrected chi connectivity index (χ3v) is 3.08. The zero-order valence-electron chi connectivity index (χ0n) is 12.8. The molecule has 2 rings (SSSR count). The lowest BCUT2D eigenvalue weighted by Crippen LogP contribution is -2.32. The molecule has 0 bridgehead atoms. The molecule has 0 unspecified atom stereocenters. The number of hydrogen-bond acceptors (Lipinski definition) is 5. The maximum Gasteiger partial charge on any atom is 0.307 e. The third kappa shape index (κ3) is 4.54. The normalized spacial score (nSPS) is 14.0. The Balaban J connectivity index is 1.93. The predicted molar refractivity (Wildman–Crippen MR) is 83.7 cm³/mol. The van der Waals surface area contributed by atoms with E-state index in [2.05, 4.69) is 20.4 Å². The van der Waals surface area contributed by atoms with Gasteiger partial charge in [0.05, 0.1) is 26.7 Å². The summed E-state index contributed by atoms with van der Waals surface area (Å²) in [7, 11) is 3.03. The van der Waals surface area contributed by atoms with Crippen molar-refractivity contribution < 1.29 is 19.0 Å². The van der Waals surface area contributed by atoms with Gasteiger partial charge in [0.2, 0.25) is 0 Å². The number of guanidine groups is 1. The molecule has 1 aliphatic heterocycles. The first kappa shape index (κ1) is 15.9. The van der Waals surface area contributed by atoms with Crippen LogP contribution < -0.4 is 20.1 Å². The highest BCUT2D eigenvalue weighted by Gasteiger charge is 2.11. The maximum absolute atomic E-state index is 11.1. The van der Waals surface area contributed by atoms with Crippen LogP contribution in [0.2, 0.25) is 0 Å². The summed E-state index contributed by atoms with van der Waals surface area (Å²) in [4.78, 5) is 15.2. The monoisotopic (exact) mass is 307 g/mol. The Hall–Kier alpha value is -2.44. The maximum atomic E-state index is 11.1. The number of benzene rings is 1. The van der Waals surface area contributed by atoms with Crippen molar-refractivity contribution in [2.45, 2.75) is 12.8 Å². The van der Waals surface area contributed by atoms with Gasteiger partial charge in [-0.25, -0.2) is 0 Å². The zero-order chi connectivity index (χ0) is 15.8. The first-order chi connectivity index (χ1) is 10.7. The van der Waals surface area contributed by atoms with Gasteiger partial charge in [-0.15, -0.1) is 0 Å². The average molecular weight is 307 g/mol. The summed E-state index contributed by atoms with van der Waals surface area (Å²) in [6.45, 7) is 1.75. The summed E-state index contributed by atoms with van der Waals surface area (Å²) in [6.07, 6.45) is 1.15. The van der Waals surface area contributed by atoms with E-state index in [4.69, 9.17) is 9.47 Å². The Morgan fingerprint density at radius 2 is 2.09 bits per heavy atom. The van der Waals surface area contributed by atoms with Crippen LogP contribution in [0.5, 0.6) is 11.5 Å². The van der Waals surface area contributed by atoms with Gasteiger partial charge in [0.25, 0.3) is 0 Å². The lowest BCUT2D eigenvalue weighted by Gasteiger charge is -2.13. The van der Waals surface area contributed by atoms with Crippen LogP contribution in [0.15, 0.2) is 23.2 Å². The summed E-state index contributed by atoms with van der Waals surface area (Å²) in [5.74, 6) is 1.76. The summed E-state index contributed by atoms with van der Waals surface area (Å²) in [5, 5.41) is 6.18. The number of fused-ring (bicyclic) bond motifs is 1. The van der Waals surface area contributed by atoms with Gasteiger partial charge in [-0.3, -0.25) is 9.79 Å². The average Bonchev–Trinajstić information content (AvgIpc) is 2.78. The molecule has 0 aliphatic carbocycles. The molecule has 1 aromatic rings. The minimum atomic E-state index is -0.265. The van der Waals surface area contributed by atoms with Crippen molar-refractivity contribution in [1.29, 1.82) is 0 Å². The van der Waals surface area contributed by atoms with Crippen LogP contribution in [0, 0.1) is 0 Å². The van der Waals surface area contributed by atoms with Crippen molar-refractivity contribution in [1.82, 2.24) is 5.32 Å².